The number of carbonyl (C=O) groups excluding carboxylic acids is 1. The zero-order valence-electron chi connectivity index (χ0n) is 19.5. The Labute approximate surface area is 204 Å². The van der Waals surface area contributed by atoms with Gasteiger partial charge in [0.2, 0.25) is 0 Å². The van der Waals surface area contributed by atoms with E-state index in [2.05, 4.69) is 65.7 Å². The Hall–Kier alpha value is -2.13. The lowest BCUT2D eigenvalue weighted by atomic mass is 10.1. The van der Waals surface area contributed by atoms with E-state index >= 15 is 0 Å². The van der Waals surface area contributed by atoms with Crippen molar-refractivity contribution in [2.75, 3.05) is 28.2 Å². The average Bonchev–Trinajstić information content (AvgIpc) is 2.74. The second kappa shape index (κ2) is 13.3. The lowest BCUT2D eigenvalue weighted by molar-refractivity contribution is 0.0827. The molecule has 0 radical (unpaired) electrons. The molecule has 0 aliphatic carbocycles. The fraction of sp³-hybridized carbons (Fsp3) is 0.417. The van der Waals surface area contributed by atoms with E-state index in [4.69, 9.17) is 0 Å². The fourth-order valence-electron chi connectivity index (χ4n) is 2.94. The van der Waals surface area contributed by atoms with E-state index in [9.17, 15) is 4.79 Å². The van der Waals surface area contributed by atoms with E-state index in [1.807, 2.05) is 24.3 Å². The van der Waals surface area contributed by atoms with Crippen LogP contribution in [-0.2, 0) is 19.6 Å². The minimum Gasteiger partial charge on any atom is -0.352 e. The van der Waals surface area contributed by atoms with Crippen molar-refractivity contribution in [1.29, 1.82) is 0 Å². The molecule has 7 heteroatoms. The molecule has 6 nitrogen and oxygen atoms in total. The Balaban J connectivity index is 0.00000480. The van der Waals surface area contributed by atoms with Crippen LogP contribution in [0.1, 0.15) is 40.9 Å². The highest BCUT2D eigenvalue weighted by Gasteiger charge is 2.09. The first-order chi connectivity index (χ1) is 14.3. The molecule has 170 valence electrons. The zero-order chi connectivity index (χ0) is 22.1. The van der Waals surface area contributed by atoms with E-state index in [1.54, 1.807) is 26.0 Å². The predicted molar refractivity (Wildman–Crippen MR) is 140 cm³/mol. The third kappa shape index (κ3) is 8.49. The van der Waals surface area contributed by atoms with Gasteiger partial charge in [-0.1, -0.05) is 36.4 Å². The van der Waals surface area contributed by atoms with Crippen molar-refractivity contribution >= 4 is 35.8 Å². The van der Waals surface area contributed by atoms with Crippen LogP contribution < -0.4 is 10.6 Å². The van der Waals surface area contributed by atoms with E-state index in [-0.39, 0.29) is 29.9 Å². The molecule has 2 aromatic carbocycles. The van der Waals surface area contributed by atoms with Gasteiger partial charge in [0.1, 0.15) is 0 Å². The van der Waals surface area contributed by atoms with Gasteiger partial charge in [-0.25, -0.2) is 0 Å². The first kappa shape index (κ1) is 26.9. The van der Waals surface area contributed by atoms with Crippen LogP contribution in [0.2, 0.25) is 0 Å². The summed E-state index contributed by atoms with van der Waals surface area (Å²) in [6, 6.07) is 16.6. The van der Waals surface area contributed by atoms with Crippen LogP contribution in [0.4, 0.5) is 0 Å². The zero-order valence-corrected chi connectivity index (χ0v) is 21.8. The lowest BCUT2D eigenvalue weighted by Gasteiger charge is -2.23. The van der Waals surface area contributed by atoms with Crippen molar-refractivity contribution in [3.8, 4) is 0 Å². The standard InChI is InChI=1S/C24H35N5O.HI/c1-18(2)29(6)17-22-10-8-7-9-21(22)16-27-24(25-3)26-15-19-11-13-20(14-12-19)23(30)28(4)5;/h7-14,18H,15-17H2,1-6H3,(H2,25,26,27);1H. The van der Waals surface area contributed by atoms with Crippen molar-refractivity contribution in [3.63, 3.8) is 0 Å². The van der Waals surface area contributed by atoms with E-state index in [0.29, 0.717) is 24.7 Å². The molecule has 0 spiro atoms. The molecule has 1 amide bonds. The van der Waals surface area contributed by atoms with Gasteiger partial charge >= 0.3 is 0 Å². The molecule has 0 heterocycles. The molecule has 0 atom stereocenters. The Bertz CT molecular complexity index is 849. The fourth-order valence-corrected chi connectivity index (χ4v) is 2.94. The largest absolute Gasteiger partial charge is 0.352 e. The summed E-state index contributed by atoms with van der Waals surface area (Å²) in [7, 11) is 7.43. The summed E-state index contributed by atoms with van der Waals surface area (Å²) in [6.45, 7) is 6.66. The Morgan fingerprint density at radius 2 is 1.52 bits per heavy atom. The molecule has 0 aromatic heterocycles. The maximum atomic E-state index is 12.0. The maximum absolute atomic E-state index is 12.0. The second-order valence-corrected chi connectivity index (χ2v) is 7.95. The van der Waals surface area contributed by atoms with Crippen LogP contribution in [0.3, 0.4) is 0 Å². The number of amides is 1. The third-order valence-corrected chi connectivity index (χ3v) is 5.16. The van der Waals surface area contributed by atoms with Gasteiger partial charge in [0.25, 0.3) is 5.91 Å². The number of halogens is 1. The number of aliphatic imine (C=N–C) groups is 1. The lowest BCUT2D eigenvalue weighted by Crippen LogP contribution is -2.36. The summed E-state index contributed by atoms with van der Waals surface area (Å²) in [4.78, 5) is 20.2. The molecular weight excluding hydrogens is 501 g/mol. The number of nitrogens with zero attached hydrogens (tertiary/aromatic N) is 3. The average molecular weight is 537 g/mol. The third-order valence-electron chi connectivity index (χ3n) is 5.16. The van der Waals surface area contributed by atoms with Crippen LogP contribution in [0.15, 0.2) is 53.5 Å². The molecule has 0 bridgehead atoms. The molecule has 31 heavy (non-hydrogen) atoms. The van der Waals surface area contributed by atoms with Crippen molar-refractivity contribution in [3.05, 3.63) is 70.8 Å². The first-order valence-corrected chi connectivity index (χ1v) is 10.3. The van der Waals surface area contributed by atoms with Crippen molar-refractivity contribution in [2.45, 2.75) is 39.5 Å². The Morgan fingerprint density at radius 3 is 2.06 bits per heavy atom. The Morgan fingerprint density at radius 1 is 0.935 bits per heavy atom. The summed E-state index contributed by atoms with van der Waals surface area (Å²) in [5.74, 6) is 0.754. The number of carbonyl (C=O) groups is 1. The van der Waals surface area contributed by atoms with Gasteiger partial charge < -0.3 is 15.5 Å². The highest BCUT2D eigenvalue weighted by molar-refractivity contribution is 14.0. The first-order valence-electron chi connectivity index (χ1n) is 10.3. The van der Waals surface area contributed by atoms with Gasteiger partial charge in [0, 0.05) is 52.4 Å². The molecule has 2 aromatic rings. The van der Waals surface area contributed by atoms with Crippen molar-refractivity contribution in [1.82, 2.24) is 20.4 Å². The SMILES string of the molecule is CN=C(NCc1ccc(C(=O)N(C)C)cc1)NCc1ccccc1CN(C)C(C)C.I. The summed E-state index contributed by atoms with van der Waals surface area (Å²) in [6.07, 6.45) is 0. The minimum atomic E-state index is 0. The number of nitrogens with one attached hydrogen (secondary N) is 2. The second-order valence-electron chi connectivity index (χ2n) is 7.95. The molecular formula is C24H36IN5O. The number of hydrogen-bond acceptors (Lipinski definition) is 3. The maximum Gasteiger partial charge on any atom is 0.253 e. The number of benzene rings is 2. The monoisotopic (exact) mass is 537 g/mol. The molecule has 0 aliphatic heterocycles. The van der Waals surface area contributed by atoms with E-state index in [0.717, 1.165) is 18.1 Å². The number of hydrogen-bond donors (Lipinski definition) is 2. The molecule has 0 aliphatic rings. The molecule has 0 saturated carbocycles. The highest BCUT2D eigenvalue weighted by Crippen LogP contribution is 2.12. The molecule has 0 saturated heterocycles. The van der Waals surface area contributed by atoms with Crippen LogP contribution in [-0.4, -0.2) is 55.9 Å². The Kier molecular flexibility index (Phi) is 11.6. The van der Waals surface area contributed by atoms with Crippen molar-refractivity contribution < 1.29 is 4.79 Å². The highest BCUT2D eigenvalue weighted by atomic mass is 127. The van der Waals surface area contributed by atoms with E-state index < -0.39 is 0 Å². The normalized spacial score (nSPS) is 11.3. The number of guanidine groups is 1. The van der Waals surface area contributed by atoms with Crippen molar-refractivity contribution in [2.24, 2.45) is 4.99 Å². The summed E-state index contributed by atoms with van der Waals surface area (Å²) in [5.41, 5.74) is 4.36. The predicted octanol–water partition coefficient (Wildman–Crippen LogP) is 3.71. The summed E-state index contributed by atoms with van der Waals surface area (Å²) >= 11 is 0. The molecule has 0 unspecified atom stereocenters. The summed E-state index contributed by atoms with van der Waals surface area (Å²) < 4.78 is 0. The number of rotatable bonds is 8. The van der Waals surface area contributed by atoms with Gasteiger partial charge in [-0.3, -0.25) is 14.7 Å². The molecule has 0 fully saturated rings. The van der Waals surface area contributed by atoms with Gasteiger partial charge in [0.15, 0.2) is 5.96 Å². The van der Waals surface area contributed by atoms with Crippen LogP contribution in [0.25, 0.3) is 0 Å². The topological polar surface area (TPSA) is 60.0 Å². The van der Waals surface area contributed by atoms with Gasteiger partial charge in [-0.2, -0.15) is 0 Å². The van der Waals surface area contributed by atoms with E-state index in [1.165, 1.54) is 11.1 Å². The molecule has 2 rings (SSSR count). The quantitative estimate of drug-likeness (QED) is 0.306. The van der Waals surface area contributed by atoms with Gasteiger partial charge in [-0.15, -0.1) is 24.0 Å². The van der Waals surface area contributed by atoms with Gasteiger partial charge in [0.05, 0.1) is 0 Å². The minimum absolute atomic E-state index is 0. The van der Waals surface area contributed by atoms with Gasteiger partial charge in [-0.05, 0) is 49.7 Å². The van der Waals surface area contributed by atoms with Crippen LogP contribution in [0, 0.1) is 0 Å². The summed E-state index contributed by atoms with van der Waals surface area (Å²) in [5, 5.41) is 6.74. The molecule has 2 N–H and O–H groups in total. The van der Waals surface area contributed by atoms with Crippen LogP contribution in [0.5, 0.6) is 0 Å². The van der Waals surface area contributed by atoms with Crippen LogP contribution >= 0.6 is 24.0 Å². The smallest absolute Gasteiger partial charge is 0.253 e.